The average molecular weight is 433 g/mol. The Morgan fingerprint density at radius 1 is 1.32 bits per heavy atom. The Morgan fingerprint density at radius 3 is 2.77 bits per heavy atom. The molecule has 164 valence electrons. The number of nitrogens with one attached hydrogen (secondary N) is 1. The van der Waals surface area contributed by atoms with E-state index in [0.29, 0.717) is 24.7 Å². The highest BCUT2D eigenvalue weighted by Gasteiger charge is 2.42. The van der Waals surface area contributed by atoms with Gasteiger partial charge in [-0.1, -0.05) is 0 Å². The second kappa shape index (κ2) is 7.10. The smallest absolute Gasteiger partial charge is 0.416 e. The number of ether oxygens (including phenoxy) is 2. The summed E-state index contributed by atoms with van der Waals surface area (Å²) in [5, 5.41) is 3.14. The first-order valence-corrected chi connectivity index (χ1v) is 10.0. The number of halogens is 2. The van der Waals surface area contributed by atoms with Gasteiger partial charge in [0.25, 0.3) is 6.43 Å². The Morgan fingerprint density at radius 2 is 2.10 bits per heavy atom. The lowest BCUT2D eigenvalue weighted by Gasteiger charge is -2.28. The fourth-order valence-corrected chi connectivity index (χ4v) is 4.21. The minimum Gasteiger partial charge on any atom is -0.491 e. The number of hydrogen-bond donors (Lipinski definition) is 2. The zero-order chi connectivity index (χ0) is 21.9. The van der Waals surface area contributed by atoms with Gasteiger partial charge in [-0.3, -0.25) is 4.79 Å². The summed E-state index contributed by atoms with van der Waals surface area (Å²) in [4.78, 5) is 29.0. The van der Waals surface area contributed by atoms with Crippen molar-refractivity contribution < 1.29 is 27.8 Å². The van der Waals surface area contributed by atoms with E-state index in [1.807, 2.05) is 10.6 Å². The van der Waals surface area contributed by atoms with Crippen LogP contribution in [0.15, 0.2) is 12.3 Å². The molecule has 0 bridgehead atoms. The molecule has 3 heterocycles. The third kappa shape index (κ3) is 3.06. The number of nitrogens with zero attached hydrogens (tertiary/aromatic N) is 3. The number of primary amides is 1. The van der Waals surface area contributed by atoms with E-state index in [0.717, 1.165) is 40.1 Å². The number of cyclic esters (lactones) is 1. The van der Waals surface area contributed by atoms with Crippen molar-refractivity contribution in [2.75, 3.05) is 23.4 Å². The first-order valence-electron chi connectivity index (χ1n) is 10.0. The van der Waals surface area contributed by atoms with Gasteiger partial charge >= 0.3 is 6.09 Å². The van der Waals surface area contributed by atoms with E-state index in [2.05, 4.69) is 10.3 Å². The number of aromatic nitrogens is 2. The third-order valence-corrected chi connectivity index (χ3v) is 5.96. The highest BCUT2D eigenvalue weighted by atomic mass is 19.3. The first-order chi connectivity index (χ1) is 14.8. The van der Waals surface area contributed by atoms with Gasteiger partial charge < -0.3 is 25.1 Å². The van der Waals surface area contributed by atoms with Crippen molar-refractivity contribution >= 4 is 23.5 Å². The molecule has 2 aromatic rings. The van der Waals surface area contributed by atoms with Crippen molar-refractivity contribution in [1.82, 2.24) is 9.55 Å². The summed E-state index contributed by atoms with van der Waals surface area (Å²) >= 11 is 0. The van der Waals surface area contributed by atoms with Gasteiger partial charge in [0, 0.05) is 18.0 Å². The number of rotatable bonds is 5. The predicted molar refractivity (Wildman–Crippen MR) is 106 cm³/mol. The van der Waals surface area contributed by atoms with Crippen LogP contribution in [-0.2, 0) is 28.9 Å². The number of fused-ring (bicyclic) bond motifs is 5. The van der Waals surface area contributed by atoms with Gasteiger partial charge in [-0.2, -0.15) is 0 Å². The van der Waals surface area contributed by atoms with Crippen LogP contribution < -0.4 is 20.7 Å². The number of imidazole rings is 1. The highest BCUT2D eigenvalue weighted by molar-refractivity contribution is 5.90. The lowest BCUT2D eigenvalue weighted by molar-refractivity contribution is -0.118. The van der Waals surface area contributed by atoms with E-state index in [4.69, 9.17) is 15.2 Å². The summed E-state index contributed by atoms with van der Waals surface area (Å²) in [6, 6.07) is -0.0928. The van der Waals surface area contributed by atoms with Gasteiger partial charge in [-0.15, -0.1) is 0 Å². The summed E-state index contributed by atoms with van der Waals surface area (Å²) in [6.07, 6.45) is -0.388. The maximum Gasteiger partial charge on any atom is 0.416 e. The van der Waals surface area contributed by atoms with E-state index < -0.39 is 30.5 Å². The number of amides is 2. The van der Waals surface area contributed by atoms with Gasteiger partial charge in [0.15, 0.2) is 5.82 Å². The lowest BCUT2D eigenvalue weighted by Crippen LogP contribution is -2.38. The zero-order valence-corrected chi connectivity index (χ0v) is 16.7. The van der Waals surface area contributed by atoms with Gasteiger partial charge in [0.2, 0.25) is 5.91 Å². The van der Waals surface area contributed by atoms with Crippen LogP contribution in [0.1, 0.15) is 18.1 Å². The molecule has 1 unspecified atom stereocenters. The van der Waals surface area contributed by atoms with Crippen LogP contribution in [-0.4, -0.2) is 53.3 Å². The van der Waals surface area contributed by atoms with Gasteiger partial charge in [-0.25, -0.2) is 23.5 Å². The number of hydrogen-bond acceptors (Lipinski definition) is 6. The SMILES string of the molecule is CC(Nc1cc2c(c3c1CC3)-c1nc(N3C(=O)OC[C@H]3C(F)F)cn1CCO2)C(N)=O. The number of alkyl halides is 2. The molecule has 1 aromatic carbocycles. The Hall–Kier alpha value is -3.37. The standard InChI is InChI=1S/C20H21F2N5O4/c1-9(18(23)28)24-12-6-14-16(11-3-2-10(11)12)19-25-15(7-26(19)4-5-30-14)27-13(17(21)22)8-31-20(27)29/h6-7,9,13,17,24H,2-5,8H2,1H3,(H2,23,28)/t9?,13-/m0/s1. The maximum absolute atomic E-state index is 13.4. The van der Waals surface area contributed by atoms with Crippen LogP contribution in [0.3, 0.4) is 0 Å². The molecule has 11 heteroatoms. The largest absolute Gasteiger partial charge is 0.491 e. The molecule has 2 aliphatic heterocycles. The second-order valence-electron chi connectivity index (χ2n) is 7.84. The molecule has 5 rings (SSSR count). The molecule has 3 N–H and O–H groups in total. The number of anilines is 2. The van der Waals surface area contributed by atoms with Gasteiger partial charge in [0.1, 0.15) is 36.9 Å². The summed E-state index contributed by atoms with van der Waals surface area (Å²) in [5.41, 5.74) is 9.01. The van der Waals surface area contributed by atoms with E-state index in [1.54, 1.807) is 13.1 Å². The molecule has 2 amide bonds. The van der Waals surface area contributed by atoms with Crippen LogP contribution in [0.5, 0.6) is 5.75 Å². The zero-order valence-electron chi connectivity index (χ0n) is 16.7. The summed E-state index contributed by atoms with van der Waals surface area (Å²) in [6.45, 7) is 2.09. The molecular formula is C20H21F2N5O4. The van der Waals surface area contributed by atoms with Crippen molar-refractivity contribution in [3.05, 3.63) is 23.4 Å². The van der Waals surface area contributed by atoms with E-state index in [1.165, 1.54) is 0 Å². The van der Waals surface area contributed by atoms with Crippen LogP contribution >= 0.6 is 0 Å². The fraction of sp³-hybridized carbons (Fsp3) is 0.450. The highest BCUT2D eigenvalue weighted by Crippen LogP contribution is 2.46. The van der Waals surface area contributed by atoms with Crippen molar-refractivity contribution in [1.29, 1.82) is 0 Å². The number of carbonyl (C=O) groups excluding carboxylic acids is 2. The first kappa shape index (κ1) is 19.6. The quantitative estimate of drug-likeness (QED) is 0.745. The molecule has 9 nitrogen and oxygen atoms in total. The molecule has 0 radical (unpaired) electrons. The van der Waals surface area contributed by atoms with E-state index in [-0.39, 0.29) is 12.4 Å². The number of nitrogens with two attached hydrogens (primary N) is 1. The molecule has 2 atom stereocenters. The van der Waals surface area contributed by atoms with Crippen molar-refractivity contribution in [2.45, 2.75) is 44.8 Å². The normalized spacial score (nSPS) is 20.1. The van der Waals surface area contributed by atoms with Crippen LogP contribution in [0, 0.1) is 0 Å². The molecule has 1 fully saturated rings. The van der Waals surface area contributed by atoms with E-state index in [9.17, 15) is 18.4 Å². The number of benzene rings is 1. The molecule has 31 heavy (non-hydrogen) atoms. The average Bonchev–Trinajstić information content (AvgIpc) is 3.22. The van der Waals surface area contributed by atoms with E-state index >= 15 is 0 Å². The molecular weight excluding hydrogens is 412 g/mol. The summed E-state index contributed by atoms with van der Waals surface area (Å²) in [5.74, 6) is 0.812. The van der Waals surface area contributed by atoms with Crippen molar-refractivity contribution in [3.8, 4) is 17.1 Å². The summed E-state index contributed by atoms with van der Waals surface area (Å²) < 4.78 is 39.4. The minimum atomic E-state index is -2.74. The van der Waals surface area contributed by atoms with Crippen LogP contribution in [0.25, 0.3) is 11.4 Å². The predicted octanol–water partition coefficient (Wildman–Crippen LogP) is 1.92. The van der Waals surface area contributed by atoms with Gasteiger partial charge in [0.05, 0.1) is 12.1 Å². The Balaban J connectivity index is 1.58. The third-order valence-electron chi connectivity index (χ3n) is 5.96. The van der Waals surface area contributed by atoms with Gasteiger partial charge in [-0.05, 0) is 30.9 Å². The minimum absolute atomic E-state index is 0.133. The lowest BCUT2D eigenvalue weighted by atomic mass is 9.82. The molecule has 0 saturated carbocycles. The van der Waals surface area contributed by atoms with Crippen LogP contribution in [0.4, 0.5) is 25.1 Å². The molecule has 1 aromatic heterocycles. The molecule has 1 aliphatic carbocycles. The van der Waals surface area contributed by atoms with Crippen LogP contribution in [0.2, 0.25) is 0 Å². The van der Waals surface area contributed by atoms with Crippen molar-refractivity contribution in [2.24, 2.45) is 5.73 Å². The Kier molecular flexibility index (Phi) is 4.49. The monoisotopic (exact) mass is 433 g/mol. The maximum atomic E-state index is 13.4. The fourth-order valence-electron chi connectivity index (χ4n) is 4.21. The second-order valence-corrected chi connectivity index (χ2v) is 7.84. The summed E-state index contributed by atoms with van der Waals surface area (Å²) in [7, 11) is 0. The topological polar surface area (TPSA) is 112 Å². The van der Waals surface area contributed by atoms with Crippen molar-refractivity contribution in [3.63, 3.8) is 0 Å². The Labute approximate surface area is 176 Å². The molecule has 0 spiro atoms. The number of carbonyl (C=O) groups is 2. The molecule has 3 aliphatic rings. The Bertz CT molecular complexity index is 1090. The molecule has 1 saturated heterocycles.